The van der Waals surface area contributed by atoms with Crippen molar-refractivity contribution in [3.05, 3.63) is 41.1 Å². The Morgan fingerprint density at radius 1 is 1.30 bits per heavy atom. The average molecular weight is 316 g/mol. The lowest BCUT2D eigenvalue weighted by atomic mass is 10.2. The number of aromatic nitrogens is 3. The molecule has 0 radical (unpaired) electrons. The molecule has 1 aliphatic rings. The van der Waals surface area contributed by atoms with Crippen molar-refractivity contribution in [3.8, 4) is 5.88 Å². The first kappa shape index (κ1) is 16.0. The van der Waals surface area contributed by atoms with Gasteiger partial charge in [-0.2, -0.15) is 0 Å². The summed E-state index contributed by atoms with van der Waals surface area (Å²) in [5, 5.41) is 0. The molecule has 2 aromatic rings. The van der Waals surface area contributed by atoms with E-state index in [2.05, 4.69) is 27.9 Å². The van der Waals surface area contributed by atoms with Gasteiger partial charge in [-0.25, -0.2) is 9.97 Å². The minimum absolute atomic E-state index is 0.233. The highest BCUT2D eigenvalue weighted by atomic mass is 16.5. The van der Waals surface area contributed by atoms with Crippen LogP contribution in [0.3, 0.4) is 0 Å². The van der Waals surface area contributed by atoms with Gasteiger partial charge in [0.1, 0.15) is 5.82 Å². The summed E-state index contributed by atoms with van der Waals surface area (Å²) in [6.45, 7) is 5.81. The van der Waals surface area contributed by atoms with Crippen molar-refractivity contribution < 1.29 is 9.47 Å². The maximum absolute atomic E-state index is 5.59. The fourth-order valence-corrected chi connectivity index (χ4v) is 3.08. The van der Waals surface area contributed by atoms with Crippen molar-refractivity contribution in [2.75, 3.05) is 20.8 Å². The van der Waals surface area contributed by atoms with E-state index >= 15 is 0 Å². The van der Waals surface area contributed by atoms with E-state index in [1.807, 2.05) is 19.2 Å². The molecular weight excluding hydrogens is 292 g/mol. The molecule has 1 N–H and O–H groups in total. The maximum Gasteiger partial charge on any atom is 0.212 e. The zero-order valence-corrected chi connectivity index (χ0v) is 14.2. The Morgan fingerprint density at radius 3 is 2.70 bits per heavy atom. The Morgan fingerprint density at radius 2 is 2.13 bits per heavy atom. The molecule has 0 amide bonds. The van der Waals surface area contributed by atoms with Crippen LogP contribution in [0.15, 0.2) is 18.3 Å². The third-order valence-corrected chi connectivity index (χ3v) is 4.55. The standard InChI is InChI=1S/C17H24N4O2/c1-11-12(2)20-17(19-11)15-7-14(22-3)10-21(15)9-13-5-6-16(23-4)18-8-13/h5-6,8,14-15H,7,9-10H2,1-4H3,(H,19,20)/t14-,15+/m1/s1. The molecule has 23 heavy (non-hydrogen) atoms. The Bertz CT molecular complexity index is 634. The molecule has 0 aliphatic carbocycles. The van der Waals surface area contributed by atoms with Crippen LogP contribution >= 0.6 is 0 Å². The summed E-state index contributed by atoms with van der Waals surface area (Å²) in [6, 6.07) is 4.20. The normalized spacial score (nSPS) is 21.7. The zero-order valence-electron chi connectivity index (χ0n) is 14.2. The molecule has 0 unspecified atom stereocenters. The van der Waals surface area contributed by atoms with Gasteiger partial charge in [-0.15, -0.1) is 0 Å². The molecule has 1 saturated heterocycles. The first-order chi connectivity index (χ1) is 11.1. The summed E-state index contributed by atoms with van der Waals surface area (Å²) in [6.07, 6.45) is 3.05. The van der Waals surface area contributed by atoms with Crippen LogP contribution in [0.1, 0.15) is 35.2 Å². The van der Waals surface area contributed by atoms with Crippen molar-refractivity contribution in [1.82, 2.24) is 19.9 Å². The van der Waals surface area contributed by atoms with E-state index in [9.17, 15) is 0 Å². The van der Waals surface area contributed by atoms with Gasteiger partial charge >= 0.3 is 0 Å². The second-order valence-electron chi connectivity index (χ2n) is 6.08. The summed E-state index contributed by atoms with van der Waals surface area (Å²) in [7, 11) is 3.40. The van der Waals surface area contributed by atoms with Crippen LogP contribution in [0.2, 0.25) is 0 Å². The number of aryl methyl sites for hydroxylation is 2. The number of nitrogens with one attached hydrogen (secondary N) is 1. The molecule has 3 heterocycles. The monoisotopic (exact) mass is 316 g/mol. The molecule has 0 spiro atoms. The molecule has 1 fully saturated rings. The summed E-state index contributed by atoms with van der Waals surface area (Å²) >= 11 is 0. The SMILES string of the molecule is COc1ccc(CN2C[C@H](OC)C[C@H]2c2nc(C)c(C)[nH]2)cn1. The molecule has 0 saturated carbocycles. The number of imidazole rings is 1. The van der Waals surface area contributed by atoms with Gasteiger partial charge in [-0.05, 0) is 25.8 Å². The number of methoxy groups -OCH3 is 2. The molecule has 2 aromatic heterocycles. The van der Waals surface area contributed by atoms with Crippen LogP contribution in [0.4, 0.5) is 0 Å². The van der Waals surface area contributed by atoms with Crippen LogP contribution < -0.4 is 4.74 Å². The molecular formula is C17H24N4O2. The molecule has 0 aromatic carbocycles. The van der Waals surface area contributed by atoms with E-state index in [0.717, 1.165) is 42.3 Å². The summed E-state index contributed by atoms with van der Waals surface area (Å²) in [5.74, 6) is 1.67. The van der Waals surface area contributed by atoms with E-state index in [-0.39, 0.29) is 12.1 Å². The highest BCUT2D eigenvalue weighted by Crippen LogP contribution is 2.33. The fourth-order valence-electron chi connectivity index (χ4n) is 3.08. The van der Waals surface area contributed by atoms with Gasteiger partial charge in [0.25, 0.3) is 0 Å². The summed E-state index contributed by atoms with van der Waals surface area (Å²) < 4.78 is 10.7. The fraction of sp³-hybridized carbons (Fsp3) is 0.529. The Labute approximate surface area is 136 Å². The van der Waals surface area contributed by atoms with Gasteiger partial charge in [0.05, 0.1) is 24.9 Å². The van der Waals surface area contributed by atoms with E-state index in [0.29, 0.717) is 5.88 Å². The summed E-state index contributed by atoms with van der Waals surface area (Å²) in [4.78, 5) is 14.8. The molecule has 3 rings (SSSR count). The minimum atomic E-state index is 0.233. The molecule has 6 heteroatoms. The molecule has 0 bridgehead atoms. The minimum Gasteiger partial charge on any atom is -0.481 e. The number of hydrogen-bond donors (Lipinski definition) is 1. The third-order valence-electron chi connectivity index (χ3n) is 4.55. The highest BCUT2D eigenvalue weighted by molar-refractivity contribution is 5.19. The zero-order chi connectivity index (χ0) is 16.4. The first-order valence-electron chi connectivity index (χ1n) is 7.89. The number of aromatic amines is 1. The number of H-pyrrole nitrogens is 1. The van der Waals surface area contributed by atoms with Crippen molar-refractivity contribution in [1.29, 1.82) is 0 Å². The van der Waals surface area contributed by atoms with Gasteiger partial charge in [-0.3, -0.25) is 4.90 Å². The lowest BCUT2D eigenvalue weighted by molar-refractivity contribution is 0.107. The number of nitrogens with zero attached hydrogens (tertiary/aromatic N) is 3. The number of likely N-dealkylation sites (tertiary alicyclic amines) is 1. The van der Waals surface area contributed by atoms with Gasteiger partial charge < -0.3 is 14.5 Å². The Kier molecular flexibility index (Phi) is 4.63. The van der Waals surface area contributed by atoms with Crippen LogP contribution in [0, 0.1) is 13.8 Å². The van der Waals surface area contributed by atoms with Crippen molar-refractivity contribution >= 4 is 0 Å². The molecule has 124 valence electrons. The van der Waals surface area contributed by atoms with Crippen molar-refractivity contribution in [3.63, 3.8) is 0 Å². The second-order valence-corrected chi connectivity index (χ2v) is 6.08. The first-order valence-corrected chi connectivity index (χ1v) is 7.89. The van der Waals surface area contributed by atoms with E-state index in [1.54, 1.807) is 14.2 Å². The van der Waals surface area contributed by atoms with E-state index < -0.39 is 0 Å². The maximum atomic E-state index is 5.59. The topological polar surface area (TPSA) is 63.3 Å². The second kappa shape index (κ2) is 6.68. The number of ether oxygens (including phenoxy) is 2. The molecule has 6 nitrogen and oxygen atoms in total. The largest absolute Gasteiger partial charge is 0.481 e. The summed E-state index contributed by atoms with van der Waals surface area (Å²) in [5.41, 5.74) is 3.35. The van der Waals surface area contributed by atoms with Crippen molar-refractivity contribution in [2.45, 2.75) is 39.0 Å². The number of pyridine rings is 1. The van der Waals surface area contributed by atoms with Crippen LogP contribution in [0.25, 0.3) is 0 Å². The van der Waals surface area contributed by atoms with Crippen LogP contribution in [0.5, 0.6) is 5.88 Å². The predicted octanol–water partition coefficient (Wildman–Crippen LogP) is 2.39. The molecule has 2 atom stereocenters. The van der Waals surface area contributed by atoms with Crippen LogP contribution in [-0.2, 0) is 11.3 Å². The Balaban J connectivity index is 1.79. The van der Waals surface area contributed by atoms with Crippen LogP contribution in [-0.4, -0.2) is 46.7 Å². The third kappa shape index (κ3) is 3.38. The Hall–Kier alpha value is -1.92. The van der Waals surface area contributed by atoms with E-state index in [1.165, 1.54) is 0 Å². The lowest BCUT2D eigenvalue weighted by Gasteiger charge is -2.22. The van der Waals surface area contributed by atoms with Gasteiger partial charge in [0.15, 0.2) is 0 Å². The smallest absolute Gasteiger partial charge is 0.212 e. The highest BCUT2D eigenvalue weighted by Gasteiger charge is 2.35. The molecule has 1 aliphatic heterocycles. The number of hydrogen-bond acceptors (Lipinski definition) is 5. The van der Waals surface area contributed by atoms with Crippen molar-refractivity contribution in [2.24, 2.45) is 0 Å². The van der Waals surface area contributed by atoms with Gasteiger partial charge in [0, 0.05) is 38.2 Å². The number of rotatable bonds is 5. The predicted molar refractivity (Wildman–Crippen MR) is 87.4 cm³/mol. The van der Waals surface area contributed by atoms with E-state index in [4.69, 9.17) is 14.5 Å². The lowest BCUT2D eigenvalue weighted by Crippen LogP contribution is -2.25. The average Bonchev–Trinajstić information content (AvgIpc) is 3.11. The van der Waals surface area contributed by atoms with Gasteiger partial charge in [0.2, 0.25) is 5.88 Å². The van der Waals surface area contributed by atoms with Gasteiger partial charge in [-0.1, -0.05) is 6.07 Å². The quantitative estimate of drug-likeness (QED) is 0.917.